The SMILES string of the molecule is O=C(NCC(=O)N1CCc2ccccc21)N1CC2(CCOCC2)C1. The number of benzene rings is 1. The van der Waals surface area contributed by atoms with E-state index in [0.29, 0.717) is 6.54 Å². The monoisotopic (exact) mass is 329 g/mol. The fourth-order valence-corrected chi connectivity index (χ4v) is 3.98. The Morgan fingerprint density at radius 2 is 1.92 bits per heavy atom. The Balaban J connectivity index is 1.27. The Bertz CT molecular complexity index is 647. The standard InChI is InChI=1S/C18H23N3O3/c22-16(21-8-5-14-3-1-2-4-15(14)21)11-19-17(23)20-12-18(13-20)6-9-24-10-7-18/h1-4H,5-13H2,(H,19,23). The highest BCUT2D eigenvalue weighted by Crippen LogP contribution is 2.39. The molecule has 0 atom stereocenters. The zero-order valence-corrected chi connectivity index (χ0v) is 13.8. The van der Waals surface area contributed by atoms with E-state index >= 15 is 0 Å². The Morgan fingerprint density at radius 3 is 2.71 bits per heavy atom. The molecule has 2 saturated heterocycles. The van der Waals surface area contributed by atoms with Gasteiger partial charge in [0.15, 0.2) is 0 Å². The van der Waals surface area contributed by atoms with E-state index in [1.807, 2.05) is 18.2 Å². The molecule has 128 valence electrons. The van der Waals surface area contributed by atoms with Gasteiger partial charge in [-0.25, -0.2) is 4.79 Å². The molecule has 1 aromatic rings. The minimum absolute atomic E-state index is 0.0467. The van der Waals surface area contributed by atoms with Gasteiger partial charge in [-0.1, -0.05) is 18.2 Å². The van der Waals surface area contributed by atoms with Gasteiger partial charge in [-0.05, 0) is 30.9 Å². The Kier molecular flexibility index (Phi) is 3.92. The van der Waals surface area contributed by atoms with E-state index in [2.05, 4.69) is 11.4 Å². The summed E-state index contributed by atoms with van der Waals surface area (Å²) in [5, 5.41) is 2.78. The number of carbonyl (C=O) groups is 2. The molecule has 0 radical (unpaired) electrons. The van der Waals surface area contributed by atoms with Gasteiger partial charge in [0, 0.05) is 44.0 Å². The summed E-state index contributed by atoms with van der Waals surface area (Å²) in [6.07, 6.45) is 2.94. The van der Waals surface area contributed by atoms with E-state index in [4.69, 9.17) is 4.74 Å². The molecule has 3 aliphatic heterocycles. The van der Waals surface area contributed by atoms with Crippen molar-refractivity contribution >= 4 is 17.6 Å². The van der Waals surface area contributed by atoms with Gasteiger partial charge in [-0.2, -0.15) is 0 Å². The van der Waals surface area contributed by atoms with E-state index in [1.165, 1.54) is 5.56 Å². The first-order chi connectivity index (χ1) is 11.7. The summed E-state index contributed by atoms with van der Waals surface area (Å²) in [5.74, 6) is -0.0467. The topological polar surface area (TPSA) is 61.9 Å². The van der Waals surface area contributed by atoms with Crippen molar-refractivity contribution < 1.29 is 14.3 Å². The number of ether oxygens (including phenoxy) is 1. The van der Waals surface area contributed by atoms with Crippen LogP contribution < -0.4 is 10.2 Å². The largest absolute Gasteiger partial charge is 0.381 e. The van der Waals surface area contributed by atoms with Gasteiger partial charge in [-0.15, -0.1) is 0 Å². The molecule has 1 spiro atoms. The molecule has 2 fully saturated rings. The molecule has 6 nitrogen and oxygen atoms in total. The number of hydrogen-bond acceptors (Lipinski definition) is 3. The molecule has 6 heteroatoms. The van der Waals surface area contributed by atoms with Crippen LogP contribution in [0.2, 0.25) is 0 Å². The van der Waals surface area contributed by atoms with Gasteiger partial charge in [0.05, 0.1) is 6.54 Å². The van der Waals surface area contributed by atoms with Crippen molar-refractivity contribution in [3.8, 4) is 0 Å². The molecule has 0 bridgehead atoms. The van der Waals surface area contributed by atoms with E-state index in [1.54, 1.807) is 9.80 Å². The predicted molar refractivity (Wildman–Crippen MR) is 90.0 cm³/mol. The van der Waals surface area contributed by atoms with Crippen molar-refractivity contribution in [2.24, 2.45) is 5.41 Å². The summed E-state index contributed by atoms with van der Waals surface area (Å²) in [4.78, 5) is 28.2. The van der Waals surface area contributed by atoms with Crippen molar-refractivity contribution in [2.75, 3.05) is 44.3 Å². The maximum Gasteiger partial charge on any atom is 0.317 e. The van der Waals surface area contributed by atoms with Crippen molar-refractivity contribution in [1.82, 2.24) is 10.2 Å². The summed E-state index contributed by atoms with van der Waals surface area (Å²) < 4.78 is 5.39. The lowest BCUT2D eigenvalue weighted by Crippen LogP contribution is -2.62. The van der Waals surface area contributed by atoms with Gasteiger partial charge >= 0.3 is 6.03 Å². The van der Waals surface area contributed by atoms with Gasteiger partial charge in [0.25, 0.3) is 0 Å². The average molecular weight is 329 g/mol. The van der Waals surface area contributed by atoms with Crippen molar-refractivity contribution in [1.29, 1.82) is 0 Å². The van der Waals surface area contributed by atoms with Gasteiger partial charge < -0.3 is 19.9 Å². The second-order valence-corrected chi connectivity index (χ2v) is 7.05. The van der Waals surface area contributed by atoms with Crippen LogP contribution in [0.5, 0.6) is 0 Å². The molecular formula is C18H23N3O3. The van der Waals surface area contributed by atoms with Gasteiger partial charge in [0.2, 0.25) is 5.91 Å². The first-order valence-corrected chi connectivity index (χ1v) is 8.66. The third kappa shape index (κ3) is 2.75. The van der Waals surface area contributed by atoms with Gasteiger partial charge in [-0.3, -0.25) is 4.79 Å². The summed E-state index contributed by atoms with van der Waals surface area (Å²) in [6, 6.07) is 7.81. The maximum atomic E-state index is 12.4. The zero-order chi connectivity index (χ0) is 16.6. The molecule has 3 heterocycles. The molecule has 3 amide bonds. The summed E-state index contributed by atoms with van der Waals surface area (Å²) in [6.45, 7) is 3.90. The number of rotatable bonds is 2. The number of urea groups is 1. The highest BCUT2D eigenvalue weighted by Gasteiger charge is 2.45. The molecule has 0 aliphatic carbocycles. The van der Waals surface area contributed by atoms with Crippen LogP contribution in [0.15, 0.2) is 24.3 Å². The van der Waals surface area contributed by atoms with E-state index < -0.39 is 0 Å². The summed E-state index contributed by atoms with van der Waals surface area (Å²) >= 11 is 0. The summed E-state index contributed by atoms with van der Waals surface area (Å²) in [7, 11) is 0. The second-order valence-electron chi connectivity index (χ2n) is 7.05. The number of nitrogens with zero attached hydrogens (tertiary/aromatic N) is 2. The van der Waals surface area contributed by atoms with Crippen LogP contribution >= 0.6 is 0 Å². The number of hydrogen-bond donors (Lipinski definition) is 1. The van der Waals surface area contributed by atoms with E-state index in [-0.39, 0.29) is 23.9 Å². The lowest BCUT2D eigenvalue weighted by molar-refractivity contribution is -0.117. The van der Waals surface area contributed by atoms with Crippen LogP contribution in [0.1, 0.15) is 18.4 Å². The number of para-hydroxylation sites is 1. The predicted octanol–water partition coefficient (Wildman–Crippen LogP) is 1.40. The Hall–Kier alpha value is -2.08. The highest BCUT2D eigenvalue weighted by molar-refractivity contribution is 5.98. The quantitative estimate of drug-likeness (QED) is 0.892. The molecular weight excluding hydrogens is 306 g/mol. The van der Waals surface area contributed by atoms with Crippen LogP contribution in [0.3, 0.4) is 0 Å². The molecule has 0 unspecified atom stereocenters. The number of carbonyl (C=O) groups excluding carboxylic acids is 2. The number of amides is 3. The zero-order valence-electron chi connectivity index (χ0n) is 13.8. The molecule has 1 N–H and O–H groups in total. The average Bonchev–Trinajstić information content (AvgIpc) is 3.02. The lowest BCUT2D eigenvalue weighted by Gasteiger charge is -2.51. The minimum atomic E-state index is -0.132. The van der Waals surface area contributed by atoms with E-state index in [9.17, 15) is 9.59 Å². The first-order valence-electron chi connectivity index (χ1n) is 8.66. The smallest absolute Gasteiger partial charge is 0.317 e. The Labute approximate surface area is 141 Å². The second kappa shape index (κ2) is 6.09. The number of fused-ring (bicyclic) bond motifs is 1. The van der Waals surface area contributed by atoms with Crippen molar-refractivity contribution in [3.63, 3.8) is 0 Å². The highest BCUT2D eigenvalue weighted by atomic mass is 16.5. The maximum absolute atomic E-state index is 12.4. The van der Waals surface area contributed by atoms with Crippen LogP contribution in [-0.2, 0) is 16.0 Å². The Morgan fingerprint density at radius 1 is 1.17 bits per heavy atom. The summed E-state index contributed by atoms with van der Waals surface area (Å²) in [5.41, 5.74) is 2.43. The van der Waals surface area contributed by atoms with Crippen molar-refractivity contribution in [2.45, 2.75) is 19.3 Å². The number of nitrogens with one attached hydrogen (secondary N) is 1. The van der Waals surface area contributed by atoms with Crippen LogP contribution in [0, 0.1) is 5.41 Å². The van der Waals surface area contributed by atoms with E-state index in [0.717, 1.165) is 51.3 Å². The fourth-order valence-electron chi connectivity index (χ4n) is 3.98. The lowest BCUT2D eigenvalue weighted by atomic mass is 9.73. The number of anilines is 1. The van der Waals surface area contributed by atoms with Gasteiger partial charge in [0.1, 0.15) is 0 Å². The first kappa shape index (κ1) is 15.4. The fraction of sp³-hybridized carbons (Fsp3) is 0.556. The normalized spacial score (nSPS) is 21.3. The third-order valence-electron chi connectivity index (χ3n) is 5.47. The number of likely N-dealkylation sites (tertiary alicyclic amines) is 1. The molecule has 3 aliphatic rings. The van der Waals surface area contributed by atoms with Crippen LogP contribution in [-0.4, -0.2) is 56.2 Å². The molecule has 1 aromatic carbocycles. The molecule has 24 heavy (non-hydrogen) atoms. The third-order valence-corrected chi connectivity index (χ3v) is 5.47. The minimum Gasteiger partial charge on any atom is -0.381 e. The van der Waals surface area contributed by atoms with Crippen LogP contribution in [0.25, 0.3) is 0 Å². The molecule has 0 saturated carbocycles. The molecule has 4 rings (SSSR count). The van der Waals surface area contributed by atoms with Crippen LogP contribution in [0.4, 0.5) is 10.5 Å². The molecule has 0 aromatic heterocycles. The van der Waals surface area contributed by atoms with Crippen molar-refractivity contribution in [3.05, 3.63) is 29.8 Å².